The molecule has 1 aliphatic carbocycles. The lowest BCUT2D eigenvalue weighted by atomic mass is 9.84. The molecular formula is C12H19N3O. The Kier molecular flexibility index (Phi) is 3.39. The molecule has 2 N–H and O–H groups in total. The van der Waals surface area contributed by atoms with Gasteiger partial charge in [-0.25, -0.2) is 4.98 Å². The second kappa shape index (κ2) is 4.78. The third-order valence-corrected chi connectivity index (χ3v) is 3.23. The molecule has 1 aliphatic rings. The minimum Gasteiger partial charge on any atom is -0.481 e. The van der Waals surface area contributed by atoms with Crippen molar-refractivity contribution in [2.24, 2.45) is 5.73 Å². The fourth-order valence-electron chi connectivity index (χ4n) is 2.29. The number of rotatable bonds is 2. The molecule has 1 aromatic rings. The molecule has 2 rings (SSSR count). The van der Waals surface area contributed by atoms with Crippen LogP contribution < -0.4 is 10.5 Å². The van der Waals surface area contributed by atoms with E-state index in [1.54, 1.807) is 7.11 Å². The molecule has 1 fully saturated rings. The number of ether oxygens (including phenoxy) is 1. The summed E-state index contributed by atoms with van der Waals surface area (Å²) in [5, 5.41) is 0. The predicted molar refractivity (Wildman–Crippen MR) is 62.5 cm³/mol. The summed E-state index contributed by atoms with van der Waals surface area (Å²) in [7, 11) is 1.64. The Morgan fingerprint density at radius 3 is 2.56 bits per heavy atom. The van der Waals surface area contributed by atoms with Crippen LogP contribution >= 0.6 is 0 Å². The second-order valence-corrected chi connectivity index (χ2v) is 4.49. The van der Waals surface area contributed by atoms with Gasteiger partial charge in [0, 0.05) is 18.0 Å². The predicted octanol–water partition coefficient (Wildman–Crippen LogP) is 1.78. The van der Waals surface area contributed by atoms with Crippen LogP contribution in [0, 0.1) is 6.92 Å². The topological polar surface area (TPSA) is 61.0 Å². The molecule has 1 heterocycles. The zero-order valence-electron chi connectivity index (χ0n) is 9.94. The van der Waals surface area contributed by atoms with Crippen molar-refractivity contribution in [2.75, 3.05) is 7.11 Å². The molecule has 0 amide bonds. The van der Waals surface area contributed by atoms with Crippen LogP contribution in [0.3, 0.4) is 0 Å². The average molecular weight is 221 g/mol. The van der Waals surface area contributed by atoms with Gasteiger partial charge in [0.2, 0.25) is 5.88 Å². The van der Waals surface area contributed by atoms with Gasteiger partial charge in [-0.15, -0.1) is 0 Å². The molecule has 0 unspecified atom stereocenters. The van der Waals surface area contributed by atoms with Crippen molar-refractivity contribution in [3.05, 3.63) is 17.6 Å². The van der Waals surface area contributed by atoms with E-state index in [0.29, 0.717) is 17.8 Å². The van der Waals surface area contributed by atoms with Crippen LogP contribution in [0.4, 0.5) is 0 Å². The molecule has 4 heteroatoms. The van der Waals surface area contributed by atoms with E-state index in [4.69, 9.17) is 10.5 Å². The van der Waals surface area contributed by atoms with Crippen molar-refractivity contribution in [3.8, 4) is 5.88 Å². The molecule has 1 saturated carbocycles. The SMILES string of the molecule is COc1cc(C2CCC(N)CC2)nc(C)n1. The van der Waals surface area contributed by atoms with Gasteiger partial charge in [0.15, 0.2) is 0 Å². The monoisotopic (exact) mass is 221 g/mol. The van der Waals surface area contributed by atoms with E-state index in [1.807, 2.05) is 13.0 Å². The van der Waals surface area contributed by atoms with Gasteiger partial charge in [0.1, 0.15) is 5.82 Å². The highest BCUT2D eigenvalue weighted by Gasteiger charge is 2.21. The van der Waals surface area contributed by atoms with Crippen LogP contribution in [0.15, 0.2) is 6.07 Å². The van der Waals surface area contributed by atoms with Gasteiger partial charge in [0.05, 0.1) is 12.8 Å². The van der Waals surface area contributed by atoms with E-state index >= 15 is 0 Å². The summed E-state index contributed by atoms with van der Waals surface area (Å²) in [4.78, 5) is 8.70. The highest BCUT2D eigenvalue weighted by molar-refractivity contribution is 5.19. The maximum atomic E-state index is 5.90. The van der Waals surface area contributed by atoms with Gasteiger partial charge in [-0.05, 0) is 32.6 Å². The quantitative estimate of drug-likeness (QED) is 0.827. The number of aromatic nitrogens is 2. The van der Waals surface area contributed by atoms with E-state index in [9.17, 15) is 0 Å². The van der Waals surface area contributed by atoms with E-state index in [-0.39, 0.29) is 0 Å². The normalized spacial score (nSPS) is 25.4. The van der Waals surface area contributed by atoms with Crippen LogP contribution in [0.25, 0.3) is 0 Å². The Hall–Kier alpha value is -1.16. The van der Waals surface area contributed by atoms with Gasteiger partial charge >= 0.3 is 0 Å². The number of nitrogens with two attached hydrogens (primary N) is 1. The van der Waals surface area contributed by atoms with E-state index < -0.39 is 0 Å². The van der Waals surface area contributed by atoms with Crippen molar-refractivity contribution in [1.29, 1.82) is 0 Å². The number of methoxy groups -OCH3 is 1. The molecule has 0 atom stereocenters. The summed E-state index contributed by atoms with van der Waals surface area (Å²) < 4.78 is 5.17. The summed E-state index contributed by atoms with van der Waals surface area (Å²) >= 11 is 0. The first-order valence-electron chi connectivity index (χ1n) is 5.84. The third-order valence-electron chi connectivity index (χ3n) is 3.23. The van der Waals surface area contributed by atoms with Crippen molar-refractivity contribution in [1.82, 2.24) is 9.97 Å². The number of nitrogens with zero attached hydrogens (tertiary/aromatic N) is 2. The fourth-order valence-corrected chi connectivity index (χ4v) is 2.29. The van der Waals surface area contributed by atoms with Crippen molar-refractivity contribution >= 4 is 0 Å². The Morgan fingerprint density at radius 2 is 1.94 bits per heavy atom. The zero-order chi connectivity index (χ0) is 11.5. The lowest BCUT2D eigenvalue weighted by Crippen LogP contribution is -2.26. The van der Waals surface area contributed by atoms with Crippen LogP contribution in [0.5, 0.6) is 5.88 Å². The summed E-state index contributed by atoms with van der Waals surface area (Å²) in [5.74, 6) is 1.97. The fraction of sp³-hybridized carbons (Fsp3) is 0.667. The Morgan fingerprint density at radius 1 is 1.25 bits per heavy atom. The maximum Gasteiger partial charge on any atom is 0.216 e. The highest BCUT2D eigenvalue weighted by Crippen LogP contribution is 2.32. The molecule has 4 nitrogen and oxygen atoms in total. The maximum absolute atomic E-state index is 5.90. The molecular weight excluding hydrogens is 202 g/mol. The Labute approximate surface area is 96.2 Å². The first-order valence-corrected chi connectivity index (χ1v) is 5.84. The first-order chi connectivity index (χ1) is 7.69. The molecule has 0 aliphatic heterocycles. The third kappa shape index (κ3) is 2.50. The summed E-state index contributed by atoms with van der Waals surface area (Å²) in [5.41, 5.74) is 7.01. The molecule has 0 spiro atoms. The minimum atomic E-state index is 0.376. The molecule has 16 heavy (non-hydrogen) atoms. The lowest BCUT2D eigenvalue weighted by Gasteiger charge is -2.25. The van der Waals surface area contributed by atoms with Gasteiger partial charge in [-0.3, -0.25) is 0 Å². The number of hydrogen-bond donors (Lipinski definition) is 1. The second-order valence-electron chi connectivity index (χ2n) is 4.49. The molecule has 0 radical (unpaired) electrons. The molecule has 1 aromatic heterocycles. The standard InChI is InChI=1S/C12H19N3O/c1-8-14-11(7-12(15-8)16-2)9-3-5-10(13)6-4-9/h7,9-10H,3-6,13H2,1-2H3. The summed E-state index contributed by atoms with van der Waals surface area (Å²) in [6.45, 7) is 1.90. The van der Waals surface area contributed by atoms with Crippen molar-refractivity contribution in [2.45, 2.75) is 44.6 Å². The van der Waals surface area contributed by atoms with E-state index in [0.717, 1.165) is 37.2 Å². The Bertz CT molecular complexity index is 359. The van der Waals surface area contributed by atoms with Gasteiger partial charge < -0.3 is 10.5 Å². The number of hydrogen-bond acceptors (Lipinski definition) is 4. The molecule has 0 saturated heterocycles. The summed E-state index contributed by atoms with van der Waals surface area (Å²) in [6.07, 6.45) is 4.44. The van der Waals surface area contributed by atoms with Crippen molar-refractivity contribution < 1.29 is 4.74 Å². The summed E-state index contributed by atoms with van der Waals surface area (Å²) in [6, 6.07) is 2.33. The van der Waals surface area contributed by atoms with Gasteiger partial charge in [-0.2, -0.15) is 4.98 Å². The highest BCUT2D eigenvalue weighted by atomic mass is 16.5. The number of aryl methyl sites for hydroxylation is 1. The first kappa shape index (κ1) is 11.3. The largest absolute Gasteiger partial charge is 0.481 e. The molecule has 88 valence electrons. The minimum absolute atomic E-state index is 0.376. The van der Waals surface area contributed by atoms with Crippen LogP contribution in [-0.4, -0.2) is 23.1 Å². The zero-order valence-corrected chi connectivity index (χ0v) is 9.94. The van der Waals surface area contributed by atoms with Crippen LogP contribution in [0.1, 0.15) is 43.1 Å². The lowest BCUT2D eigenvalue weighted by molar-refractivity contribution is 0.377. The van der Waals surface area contributed by atoms with Crippen LogP contribution in [0.2, 0.25) is 0 Å². The average Bonchev–Trinajstić information content (AvgIpc) is 2.29. The molecule has 0 bridgehead atoms. The van der Waals surface area contributed by atoms with E-state index in [1.165, 1.54) is 0 Å². The van der Waals surface area contributed by atoms with Crippen molar-refractivity contribution in [3.63, 3.8) is 0 Å². The van der Waals surface area contributed by atoms with E-state index in [2.05, 4.69) is 9.97 Å². The van der Waals surface area contributed by atoms with Crippen LogP contribution in [-0.2, 0) is 0 Å². The Balaban J connectivity index is 2.16. The van der Waals surface area contributed by atoms with Gasteiger partial charge in [-0.1, -0.05) is 0 Å². The molecule has 0 aromatic carbocycles. The smallest absolute Gasteiger partial charge is 0.216 e. The van der Waals surface area contributed by atoms with Gasteiger partial charge in [0.25, 0.3) is 0 Å².